The number of para-hydroxylation sites is 2. The number of aryl methyl sites for hydroxylation is 1. The zero-order valence-electron chi connectivity index (χ0n) is 15.0. The summed E-state index contributed by atoms with van der Waals surface area (Å²) in [6.07, 6.45) is -0.488. The fourth-order valence-electron chi connectivity index (χ4n) is 3.35. The first-order valence-electron chi connectivity index (χ1n) is 8.71. The Bertz CT molecular complexity index is 1040. The third-order valence-corrected chi connectivity index (χ3v) is 4.45. The lowest BCUT2D eigenvalue weighted by atomic mass is 10.0. The second kappa shape index (κ2) is 6.77. The van der Waals surface area contributed by atoms with Gasteiger partial charge in [-0.05, 0) is 32.0 Å². The molecular formula is C20H19N3O4. The van der Waals surface area contributed by atoms with Gasteiger partial charge in [-0.3, -0.25) is 0 Å². The number of carbonyl (C=O) groups is 1. The first-order valence-corrected chi connectivity index (χ1v) is 8.71. The summed E-state index contributed by atoms with van der Waals surface area (Å²) in [5.41, 5.74) is 2.51. The van der Waals surface area contributed by atoms with Gasteiger partial charge in [-0.1, -0.05) is 36.4 Å². The predicted molar refractivity (Wildman–Crippen MR) is 101 cm³/mol. The standard InChI is InChI=1S/C20H19N3O4/c1-3-26-18-15-11-7-8-12-16(15)22(23-17(18)13(2)27-20(23)25)19(24)21-14-9-5-4-6-10-14/h4-12,18H,3H2,1-2H3,(H,21,24). The number of urea groups is 1. The van der Waals surface area contributed by atoms with Crippen LogP contribution in [0.3, 0.4) is 0 Å². The molecule has 0 saturated heterocycles. The molecule has 7 heteroatoms. The van der Waals surface area contributed by atoms with E-state index in [1.54, 1.807) is 25.1 Å². The van der Waals surface area contributed by atoms with Crippen molar-refractivity contribution in [3.63, 3.8) is 0 Å². The first-order chi connectivity index (χ1) is 13.1. The SMILES string of the molecule is CCOC1c2ccccc2N(C(=O)Nc2ccccc2)n2c1c(C)oc2=O. The van der Waals surface area contributed by atoms with Crippen molar-refractivity contribution in [2.45, 2.75) is 20.0 Å². The van der Waals surface area contributed by atoms with Crippen LogP contribution in [0.25, 0.3) is 0 Å². The number of rotatable bonds is 3. The molecule has 2 aromatic carbocycles. The van der Waals surface area contributed by atoms with Gasteiger partial charge in [-0.15, -0.1) is 0 Å². The van der Waals surface area contributed by atoms with Gasteiger partial charge < -0.3 is 14.5 Å². The van der Waals surface area contributed by atoms with Crippen LogP contribution in [0.2, 0.25) is 0 Å². The molecule has 7 nitrogen and oxygen atoms in total. The van der Waals surface area contributed by atoms with E-state index in [0.29, 0.717) is 29.4 Å². The van der Waals surface area contributed by atoms with Gasteiger partial charge >= 0.3 is 11.8 Å². The second-order valence-electron chi connectivity index (χ2n) is 6.12. The maximum absolute atomic E-state index is 13.1. The van der Waals surface area contributed by atoms with Crippen LogP contribution in [0, 0.1) is 6.92 Å². The molecule has 2 heterocycles. The minimum absolute atomic E-state index is 0.422. The lowest BCUT2D eigenvalue weighted by Gasteiger charge is -2.34. The van der Waals surface area contributed by atoms with E-state index in [1.807, 2.05) is 43.3 Å². The summed E-state index contributed by atoms with van der Waals surface area (Å²) < 4.78 is 12.5. The van der Waals surface area contributed by atoms with Crippen molar-refractivity contribution in [1.29, 1.82) is 0 Å². The first kappa shape index (κ1) is 17.1. The van der Waals surface area contributed by atoms with Gasteiger partial charge in [0.1, 0.15) is 17.6 Å². The minimum Gasteiger partial charge on any atom is -0.411 e. The Morgan fingerprint density at radius 3 is 2.59 bits per heavy atom. The van der Waals surface area contributed by atoms with Gasteiger partial charge in [-0.2, -0.15) is 9.69 Å². The quantitative estimate of drug-likeness (QED) is 0.768. The summed E-state index contributed by atoms with van der Waals surface area (Å²) in [6.45, 7) is 4.03. The van der Waals surface area contributed by atoms with Crippen LogP contribution in [-0.4, -0.2) is 17.3 Å². The Hall–Kier alpha value is -3.32. The third kappa shape index (κ3) is 2.82. The molecule has 138 valence electrons. The number of nitrogens with one attached hydrogen (secondary N) is 1. The Kier molecular flexibility index (Phi) is 4.29. The van der Waals surface area contributed by atoms with E-state index in [-0.39, 0.29) is 0 Å². The number of nitrogens with zero attached hydrogens (tertiary/aromatic N) is 2. The Morgan fingerprint density at radius 1 is 1.15 bits per heavy atom. The van der Waals surface area contributed by atoms with Crippen molar-refractivity contribution in [3.05, 3.63) is 82.2 Å². The van der Waals surface area contributed by atoms with Crippen LogP contribution in [0.15, 0.2) is 63.8 Å². The highest BCUT2D eigenvalue weighted by molar-refractivity contribution is 6.02. The molecule has 0 spiro atoms. The van der Waals surface area contributed by atoms with Crippen LogP contribution < -0.4 is 16.1 Å². The molecule has 1 aliphatic rings. The molecule has 0 fully saturated rings. The second-order valence-corrected chi connectivity index (χ2v) is 6.12. The average molecular weight is 365 g/mol. The average Bonchev–Trinajstić information content (AvgIpc) is 2.96. The number of hydrogen-bond acceptors (Lipinski definition) is 4. The van der Waals surface area contributed by atoms with Crippen molar-refractivity contribution >= 4 is 17.4 Å². The molecule has 0 bridgehead atoms. The highest BCUT2D eigenvalue weighted by Crippen LogP contribution is 2.39. The molecule has 1 aromatic heterocycles. The summed E-state index contributed by atoms with van der Waals surface area (Å²) >= 11 is 0. The van der Waals surface area contributed by atoms with E-state index < -0.39 is 17.9 Å². The molecule has 4 rings (SSSR count). The number of hydrogen-bond donors (Lipinski definition) is 1. The number of aromatic nitrogens is 1. The van der Waals surface area contributed by atoms with Crippen molar-refractivity contribution in [3.8, 4) is 0 Å². The van der Waals surface area contributed by atoms with Crippen molar-refractivity contribution in [2.75, 3.05) is 16.9 Å². The van der Waals surface area contributed by atoms with E-state index in [2.05, 4.69) is 5.32 Å². The topological polar surface area (TPSA) is 76.7 Å². The Labute approximate surface area is 155 Å². The summed E-state index contributed by atoms with van der Waals surface area (Å²) in [5, 5.41) is 4.12. The van der Waals surface area contributed by atoms with Gasteiger partial charge in [0.25, 0.3) is 0 Å². The monoisotopic (exact) mass is 365 g/mol. The van der Waals surface area contributed by atoms with Crippen LogP contribution in [0.4, 0.5) is 16.2 Å². The Balaban J connectivity index is 1.86. The van der Waals surface area contributed by atoms with Crippen molar-refractivity contribution in [1.82, 2.24) is 4.68 Å². The summed E-state index contributed by atoms with van der Waals surface area (Å²) in [4.78, 5) is 25.6. The molecule has 1 N–H and O–H groups in total. The highest BCUT2D eigenvalue weighted by atomic mass is 16.5. The van der Waals surface area contributed by atoms with Gasteiger partial charge in [0.2, 0.25) is 0 Å². The van der Waals surface area contributed by atoms with E-state index in [1.165, 1.54) is 9.69 Å². The van der Waals surface area contributed by atoms with Crippen LogP contribution >= 0.6 is 0 Å². The lowest BCUT2D eigenvalue weighted by Crippen LogP contribution is -2.48. The summed E-state index contributed by atoms with van der Waals surface area (Å²) in [6, 6.07) is 16.0. The molecule has 2 amide bonds. The molecule has 1 aliphatic heterocycles. The van der Waals surface area contributed by atoms with E-state index in [0.717, 1.165) is 5.56 Å². The molecule has 1 unspecified atom stereocenters. The molecule has 0 saturated carbocycles. The summed E-state index contributed by atoms with van der Waals surface area (Å²) in [5.74, 6) is -0.213. The fraction of sp³-hybridized carbons (Fsp3) is 0.200. The smallest absolute Gasteiger partial charge is 0.411 e. The maximum Gasteiger partial charge on any atom is 0.439 e. The molecule has 1 atom stereocenters. The molecule has 0 radical (unpaired) electrons. The van der Waals surface area contributed by atoms with Crippen molar-refractivity contribution < 1.29 is 13.9 Å². The molecule has 27 heavy (non-hydrogen) atoms. The van der Waals surface area contributed by atoms with E-state index in [4.69, 9.17) is 9.15 Å². The number of carbonyl (C=O) groups excluding carboxylic acids is 1. The van der Waals surface area contributed by atoms with E-state index >= 15 is 0 Å². The predicted octanol–water partition coefficient (Wildman–Crippen LogP) is 3.69. The summed E-state index contributed by atoms with van der Waals surface area (Å²) in [7, 11) is 0. The van der Waals surface area contributed by atoms with Crippen LogP contribution in [0.1, 0.15) is 30.0 Å². The maximum atomic E-state index is 13.1. The van der Waals surface area contributed by atoms with Gasteiger partial charge in [0.15, 0.2) is 0 Å². The van der Waals surface area contributed by atoms with Crippen LogP contribution in [-0.2, 0) is 4.74 Å². The number of amides is 2. The third-order valence-electron chi connectivity index (χ3n) is 4.45. The normalized spacial score (nSPS) is 15.2. The number of oxazole rings is 1. The van der Waals surface area contributed by atoms with Crippen LogP contribution in [0.5, 0.6) is 0 Å². The zero-order chi connectivity index (χ0) is 19.0. The van der Waals surface area contributed by atoms with Gasteiger partial charge in [-0.25, -0.2) is 9.59 Å². The Morgan fingerprint density at radius 2 is 1.85 bits per heavy atom. The fourth-order valence-corrected chi connectivity index (χ4v) is 3.35. The molecule has 0 aliphatic carbocycles. The van der Waals surface area contributed by atoms with E-state index in [9.17, 15) is 9.59 Å². The molecular weight excluding hydrogens is 346 g/mol. The zero-order valence-corrected chi connectivity index (χ0v) is 15.0. The number of benzene rings is 2. The number of anilines is 2. The van der Waals surface area contributed by atoms with Crippen molar-refractivity contribution in [2.24, 2.45) is 0 Å². The molecule has 3 aromatic rings. The number of ether oxygens (including phenoxy) is 1. The number of fused-ring (bicyclic) bond motifs is 2. The van der Waals surface area contributed by atoms with Gasteiger partial charge in [0, 0.05) is 17.9 Å². The lowest BCUT2D eigenvalue weighted by molar-refractivity contribution is 0.0828. The largest absolute Gasteiger partial charge is 0.439 e. The van der Waals surface area contributed by atoms with Gasteiger partial charge in [0.05, 0.1) is 5.69 Å². The minimum atomic E-state index is -0.634. The highest BCUT2D eigenvalue weighted by Gasteiger charge is 2.38.